The van der Waals surface area contributed by atoms with E-state index in [4.69, 9.17) is 11.6 Å². The Balaban J connectivity index is 1.73. The molecule has 0 aliphatic carbocycles. The van der Waals surface area contributed by atoms with E-state index in [2.05, 4.69) is 10.6 Å². The number of halogens is 1. The van der Waals surface area contributed by atoms with Crippen LogP contribution in [0.1, 0.15) is 22.3 Å². The zero-order chi connectivity index (χ0) is 16.2. The van der Waals surface area contributed by atoms with Crippen LogP contribution >= 0.6 is 23.4 Å². The van der Waals surface area contributed by atoms with Crippen LogP contribution in [0.15, 0.2) is 47.4 Å². The van der Waals surface area contributed by atoms with Gasteiger partial charge in [-0.1, -0.05) is 29.8 Å². The van der Waals surface area contributed by atoms with Crippen LogP contribution < -0.4 is 10.6 Å². The van der Waals surface area contributed by atoms with Gasteiger partial charge in [0.1, 0.15) is 0 Å². The molecule has 118 valence electrons. The molecule has 0 unspecified atom stereocenters. The normalized spacial score (nSPS) is 13.7. The van der Waals surface area contributed by atoms with Crippen molar-refractivity contribution in [2.24, 2.45) is 0 Å². The van der Waals surface area contributed by atoms with Gasteiger partial charge in [0, 0.05) is 34.2 Å². The number of nitrogens with one attached hydrogen (secondary N) is 2. The second kappa shape index (κ2) is 7.06. The molecule has 0 bridgehead atoms. The zero-order valence-electron chi connectivity index (χ0n) is 12.3. The molecule has 0 saturated heterocycles. The van der Waals surface area contributed by atoms with E-state index in [9.17, 15) is 9.59 Å². The van der Waals surface area contributed by atoms with Gasteiger partial charge in [0.2, 0.25) is 5.91 Å². The molecule has 2 amide bonds. The lowest BCUT2D eigenvalue weighted by Gasteiger charge is -2.10. The van der Waals surface area contributed by atoms with Crippen molar-refractivity contribution in [3.05, 3.63) is 58.6 Å². The van der Waals surface area contributed by atoms with Gasteiger partial charge in [0.05, 0.1) is 5.69 Å². The highest BCUT2D eigenvalue weighted by Crippen LogP contribution is 2.31. The fourth-order valence-corrected chi connectivity index (χ4v) is 3.42. The molecule has 6 heteroatoms. The first-order valence-corrected chi connectivity index (χ1v) is 8.58. The SMILES string of the molecule is O=C1CCSc2ccc(C(=O)NCc3ccccc3Cl)cc2N1. The van der Waals surface area contributed by atoms with Crippen molar-refractivity contribution in [1.29, 1.82) is 0 Å². The molecule has 3 rings (SSSR count). The van der Waals surface area contributed by atoms with Crippen LogP contribution in [0.2, 0.25) is 5.02 Å². The van der Waals surface area contributed by atoms with E-state index in [1.54, 1.807) is 30.0 Å². The first-order valence-electron chi connectivity index (χ1n) is 7.22. The molecule has 0 fully saturated rings. The van der Waals surface area contributed by atoms with Crippen LogP contribution in [0.5, 0.6) is 0 Å². The van der Waals surface area contributed by atoms with Crippen LogP contribution in [0.25, 0.3) is 0 Å². The summed E-state index contributed by atoms with van der Waals surface area (Å²) in [5.74, 6) is 0.526. The van der Waals surface area contributed by atoms with Gasteiger partial charge < -0.3 is 10.6 Å². The second-order valence-electron chi connectivity index (χ2n) is 5.13. The summed E-state index contributed by atoms with van der Waals surface area (Å²) in [7, 11) is 0. The molecule has 0 radical (unpaired) electrons. The molecule has 0 aromatic heterocycles. The van der Waals surface area contributed by atoms with Crippen molar-refractivity contribution in [3.63, 3.8) is 0 Å². The number of fused-ring (bicyclic) bond motifs is 1. The van der Waals surface area contributed by atoms with Crippen molar-refractivity contribution >= 4 is 40.9 Å². The van der Waals surface area contributed by atoms with Crippen molar-refractivity contribution in [1.82, 2.24) is 5.32 Å². The third-order valence-corrected chi connectivity index (χ3v) is 4.94. The second-order valence-corrected chi connectivity index (χ2v) is 6.68. The van der Waals surface area contributed by atoms with Gasteiger partial charge in [0.25, 0.3) is 5.91 Å². The molecule has 2 aromatic rings. The van der Waals surface area contributed by atoms with E-state index >= 15 is 0 Å². The van der Waals surface area contributed by atoms with E-state index in [1.807, 2.05) is 24.3 Å². The minimum absolute atomic E-state index is 0.0233. The lowest BCUT2D eigenvalue weighted by molar-refractivity contribution is -0.115. The maximum absolute atomic E-state index is 12.3. The zero-order valence-corrected chi connectivity index (χ0v) is 13.8. The number of anilines is 1. The molecule has 2 aromatic carbocycles. The maximum atomic E-state index is 12.3. The first kappa shape index (κ1) is 15.9. The Bertz CT molecular complexity index is 764. The molecule has 0 atom stereocenters. The third kappa shape index (κ3) is 3.86. The Labute approximate surface area is 143 Å². The van der Waals surface area contributed by atoms with Crippen molar-refractivity contribution in [2.45, 2.75) is 17.9 Å². The van der Waals surface area contributed by atoms with Gasteiger partial charge in [-0.05, 0) is 29.8 Å². The summed E-state index contributed by atoms with van der Waals surface area (Å²) in [6, 6.07) is 12.7. The number of amides is 2. The monoisotopic (exact) mass is 346 g/mol. The Morgan fingerprint density at radius 2 is 2.09 bits per heavy atom. The number of carbonyl (C=O) groups excluding carboxylic acids is 2. The topological polar surface area (TPSA) is 58.2 Å². The number of rotatable bonds is 3. The molecular weight excluding hydrogens is 332 g/mol. The molecule has 23 heavy (non-hydrogen) atoms. The predicted molar refractivity (Wildman–Crippen MR) is 93.0 cm³/mol. The maximum Gasteiger partial charge on any atom is 0.251 e. The molecule has 2 N–H and O–H groups in total. The fourth-order valence-electron chi connectivity index (χ4n) is 2.28. The van der Waals surface area contributed by atoms with Crippen LogP contribution in [-0.2, 0) is 11.3 Å². The summed E-state index contributed by atoms with van der Waals surface area (Å²) in [5, 5.41) is 6.31. The van der Waals surface area contributed by atoms with Crippen LogP contribution in [0, 0.1) is 0 Å². The van der Waals surface area contributed by atoms with Crippen molar-refractivity contribution in [2.75, 3.05) is 11.1 Å². The highest BCUT2D eigenvalue weighted by Gasteiger charge is 2.15. The largest absolute Gasteiger partial charge is 0.348 e. The first-order chi connectivity index (χ1) is 11.1. The van der Waals surface area contributed by atoms with Gasteiger partial charge in [-0.25, -0.2) is 0 Å². The molecule has 1 heterocycles. The number of hydrogen-bond donors (Lipinski definition) is 2. The Hall–Kier alpha value is -1.98. The van der Waals surface area contributed by atoms with Gasteiger partial charge in [-0.3, -0.25) is 9.59 Å². The van der Waals surface area contributed by atoms with E-state index in [0.717, 1.165) is 16.2 Å². The molecule has 1 aliphatic heterocycles. The van der Waals surface area contributed by atoms with Crippen molar-refractivity contribution < 1.29 is 9.59 Å². The lowest BCUT2D eigenvalue weighted by Crippen LogP contribution is -2.23. The summed E-state index contributed by atoms with van der Waals surface area (Å²) in [4.78, 5) is 24.9. The van der Waals surface area contributed by atoms with Gasteiger partial charge >= 0.3 is 0 Å². The van der Waals surface area contributed by atoms with E-state index < -0.39 is 0 Å². The minimum atomic E-state index is -0.198. The van der Waals surface area contributed by atoms with E-state index in [-0.39, 0.29) is 11.8 Å². The predicted octanol–water partition coefficient (Wildman–Crippen LogP) is 3.70. The Morgan fingerprint density at radius 1 is 1.26 bits per heavy atom. The average molecular weight is 347 g/mol. The molecule has 0 spiro atoms. The summed E-state index contributed by atoms with van der Waals surface area (Å²) in [6.07, 6.45) is 0.480. The highest BCUT2D eigenvalue weighted by atomic mass is 35.5. The van der Waals surface area contributed by atoms with Gasteiger partial charge in [-0.15, -0.1) is 11.8 Å². The Kier molecular flexibility index (Phi) is 4.88. The van der Waals surface area contributed by atoms with Gasteiger partial charge in [0.15, 0.2) is 0 Å². The number of thioether (sulfide) groups is 1. The lowest BCUT2D eigenvalue weighted by atomic mass is 10.1. The number of carbonyl (C=O) groups is 2. The number of hydrogen-bond acceptors (Lipinski definition) is 3. The third-order valence-electron chi connectivity index (χ3n) is 3.50. The summed E-state index contributed by atoms with van der Waals surface area (Å²) >= 11 is 7.69. The van der Waals surface area contributed by atoms with Crippen molar-refractivity contribution in [3.8, 4) is 0 Å². The number of benzene rings is 2. The summed E-state index contributed by atoms with van der Waals surface area (Å²) < 4.78 is 0. The van der Waals surface area contributed by atoms with Crippen LogP contribution in [-0.4, -0.2) is 17.6 Å². The smallest absolute Gasteiger partial charge is 0.251 e. The Morgan fingerprint density at radius 3 is 2.91 bits per heavy atom. The highest BCUT2D eigenvalue weighted by molar-refractivity contribution is 7.99. The van der Waals surface area contributed by atoms with E-state index in [0.29, 0.717) is 29.2 Å². The molecule has 0 saturated carbocycles. The minimum Gasteiger partial charge on any atom is -0.348 e. The van der Waals surface area contributed by atoms with E-state index in [1.165, 1.54) is 0 Å². The van der Waals surface area contributed by atoms with Gasteiger partial charge in [-0.2, -0.15) is 0 Å². The molecule has 4 nitrogen and oxygen atoms in total. The average Bonchev–Trinajstić information content (AvgIpc) is 2.73. The van der Waals surface area contributed by atoms with Crippen LogP contribution in [0.3, 0.4) is 0 Å². The summed E-state index contributed by atoms with van der Waals surface area (Å²) in [5.41, 5.74) is 2.07. The summed E-state index contributed by atoms with van der Waals surface area (Å²) in [6.45, 7) is 0.358. The fraction of sp³-hybridized carbons (Fsp3) is 0.176. The quantitative estimate of drug-likeness (QED) is 0.890. The molecule has 1 aliphatic rings. The standard InChI is InChI=1S/C17H15ClN2O2S/c18-13-4-2-1-3-12(13)10-19-17(22)11-5-6-15-14(9-11)20-16(21)7-8-23-15/h1-6,9H,7-8,10H2,(H,19,22)(H,20,21). The molecular formula is C17H15ClN2O2S. The van der Waals surface area contributed by atoms with Crippen LogP contribution in [0.4, 0.5) is 5.69 Å².